The molecule has 3 aliphatic rings. The lowest BCUT2D eigenvalue weighted by Crippen LogP contribution is -2.61. The lowest BCUT2D eigenvalue weighted by molar-refractivity contribution is -0.157. The molecule has 1 N–H and O–H groups in total. The molecule has 9 heteroatoms. The first-order chi connectivity index (χ1) is 16.1. The Hall–Kier alpha value is -2.32. The van der Waals surface area contributed by atoms with E-state index < -0.39 is 0 Å². The molecule has 0 radical (unpaired) electrons. The Labute approximate surface area is 209 Å². The van der Waals surface area contributed by atoms with Gasteiger partial charge in [0.15, 0.2) is 0 Å². The summed E-state index contributed by atoms with van der Waals surface area (Å²) in [6.45, 7) is 8.86. The third-order valence-corrected chi connectivity index (χ3v) is 7.05. The van der Waals surface area contributed by atoms with Crippen molar-refractivity contribution in [1.82, 2.24) is 20.0 Å². The van der Waals surface area contributed by atoms with Gasteiger partial charge in [0, 0.05) is 51.5 Å². The molecule has 0 saturated carbocycles. The van der Waals surface area contributed by atoms with E-state index in [1.165, 1.54) is 0 Å². The highest BCUT2D eigenvalue weighted by molar-refractivity contribution is 5.99. The second-order valence-corrected chi connectivity index (χ2v) is 9.31. The van der Waals surface area contributed by atoms with Crippen molar-refractivity contribution in [3.8, 4) is 0 Å². The molecule has 34 heavy (non-hydrogen) atoms. The second-order valence-electron chi connectivity index (χ2n) is 9.31. The molecule has 0 bridgehead atoms. The number of rotatable bonds is 8. The molecule has 3 fully saturated rings. The third-order valence-electron chi connectivity index (χ3n) is 7.05. The van der Waals surface area contributed by atoms with Crippen LogP contribution < -0.4 is 10.2 Å². The van der Waals surface area contributed by atoms with E-state index in [4.69, 9.17) is 0 Å². The van der Waals surface area contributed by atoms with Gasteiger partial charge in [-0.2, -0.15) is 0 Å². The number of amides is 3. The number of carbonyl (C=O) groups is 3. The standard InChI is InChI=1S/C25H37N5O3.ClH/c1-2-11-26-24(32)20-8-3-4-9-21(20)28-17-15-27(16-18-28)12-7-13-29-19-23(31)30-14-6-5-10-22(30)25(29)33;/h3-4,8-9,22H,2,5-7,10-19H2,1H3,(H,26,32);1H. The fourth-order valence-electron chi connectivity index (χ4n) is 5.19. The van der Waals surface area contributed by atoms with E-state index in [-0.39, 0.29) is 42.7 Å². The molecular formula is C25H38ClN5O3. The molecule has 1 atom stereocenters. The molecule has 0 spiro atoms. The zero-order chi connectivity index (χ0) is 23.2. The minimum absolute atomic E-state index is 0. The Kier molecular flexibility index (Phi) is 9.59. The van der Waals surface area contributed by atoms with E-state index >= 15 is 0 Å². The predicted octanol–water partition coefficient (Wildman–Crippen LogP) is 1.98. The highest BCUT2D eigenvalue weighted by Crippen LogP contribution is 2.24. The van der Waals surface area contributed by atoms with E-state index in [0.717, 1.165) is 82.6 Å². The summed E-state index contributed by atoms with van der Waals surface area (Å²) in [5.74, 6) is 0.235. The van der Waals surface area contributed by atoms with Gasteiger partial charge in [0.2, 0.25) is 11.8 Å². The number of piperazine rings is 2. The predicted molar refractivity (Wildman–Crippen MR) is 136 cm³/mol. The maximum atomic E-state index is 12.8. The number of hydrogen-bond donors (Lipinski definition) is 1. The number of nitrogens with one attached hydrogen (secondary N) is 1. The van der Waals surface area contributed by atoms with E-state index in [1.54, 1.807) is 9.80 Å². The molecule has 1 aromatic rings. The van der Waals surface area contributed by atoms with Crippen molar-refractivity contribution in [2.24, 2.45) is 0 Å². The van der Waals surface area contributed by atoms with Crippen LogP contribution in [0.5, 0.6) is 0 Å². The average molecular weight is 492 g/mol. The highest BCUT2D eigenvalue weighted by Gasteiger charge is 2.40. The first-order valence-electron chi connectivity index (χ1n) is 12.5. The monoisotopic (exact) mass is 491 g/mol. The van der Waals surface area contributed by atoms with Crippen LogP contribution >= 0.6 is 12.4 Å². The maximum absolute atomic E-state index is 12.8. The quantitative estimate of drug-likeness (QED) is 0.601. The van der Waals surface area contributed by atoms with Crippen molar-refractivity contribution >= 4 is 35.8 Å². The molecule has 3 amide bonds. The van der Waals surface area contributed by atoms with Crippen molar-refractivity contribution < 1.29 is 14.4 Å². The molecule has 3 aliphatic heterocycles. The van der Waals surface area contributed by atoms with Crippen LogP contribution in [-0.4, -0.2) is 97.4 Å². The van der Waals surface area contributed by atoms with Crippen LogP contribution in [0.1, 0.15) is 49.4 Å². The number of carbonyl (C=O) groups excluding carboxylic acids is 3. The van der Waals surface area contributed by atoms with Crippen LogP contribution in [0, 0.1) is 0 Å². The van der Waals surface area contributed by atoms with Gasteiger partial charge in [0.1, 0.15) is 6.04 Å². The largest absolute Gasteiger partial charge is 0.368 e. The van der Waals surface area contributed by atoms with Crippen LogP contribution in [-0.2, 0) is 9.59 Å². The summed E-state index contributed by atoms with van der Waals surface area (Å²) in [5.41, 5.74) is 1.74. The van der Waals surface area contributed by atoms with E-state index in [9.17, 15) is 14.4 Å². The number of benzene rings is 1. The van der Waals surface area contributed by atoms with E-state index in [0.29, 0.717) is 13.1 Å². The normalized spacial score (nSPS) is 21.2. The minimum atomic E-state index is -0.224. The molecule has 188 valence electrons. The third kappa shape index (κ3) is 6.02. The van der Waals surface area contributed by atoms with Crippen LogP contribution in [0.2, 0.25) is 0 Å². The van der Waals surface area contributed by atoms with Gasteiger partial charge < -0.3 is 20.0 Å². The molecule has 0 aromatic heterocycles. The Morgan fingerprint density at radius 3 is 2.56 bits per heavy atom. The number of nitrogens with zero attached hydrogens (tertiary/aromatic N) is 4. The number of para-hydroxylation sites is 1. The summed E-state index contributed by atoms with van der Waals surface area (Å²) in [7, 11) is 0. The summed E-state index contributed by atoms with van der Waals surface area (Å²) in [6, 6.07) is 7.61. The van der Waals surface area contributed by atoms with Gasteiger partial charge in [-0.1, -0.05) is 19.1 Å². The smallest absolute Gasteiger partial charge is 0.253 e. The van der Waals surface area contributed by atoms with Gasteiger partial charge in [-0.05, 0) is 50.8 Å². The lowest BCUT2D eigenvalue weighted by Gasteiger charge is -2.43. The maximum Gasteiger partial charge on any atom is 0.253 e. The van der Waals surface area contributed by atoms with Crippen molar-refractivity contribution in [2.45, 2.75) is 45.1 Å². The van der Waals surface area contributed by atoms with E-state index in [2.05, 4.69) is 22.0 Å². The summed E-state index contributed by atoms with van der Waals surface area (Å²) in [6.07, 6.45) is 4.64. The van der Waals surface area contributed by atoms with Gasteiger partial charge in [-0.3, -0.25) is 19.3 Å². The van der Waals surface area contributed by atoms with Gasteiger partial charge in [0.05, 0.1) is 12.1 Å². The first kappa shape index (κ1) is 26.3. The van der Waals surface area contributed by atoms with Crippen molar-refractivity contribution in [3.05, 3.63) is 29.8 Å². The number of piperidine rings is 1. The summed E-state index contributed by atoms with van der Waals surface area (Å²) in [5, 5.41) is 2.98. The Balaban J connectivity index is 0.00000324. The zero-order valence-corrected chi connectivity index (χ0v) is 21.0. The molecular weight excluding hydrogens is 454 g/mol. The molecule has 3 heterocycles. The van der Waals surface area contributed by atoms with Crippen LogP contribution in [0.4, 0.5) is 5.69 Å². The van der Waals surface area contributed by atoms with Crippen LogP contribution in [0.15, 0.2) is 24.3 Å². The Morgan fingerprint density at radius 2 is 1.79 bits per heavy atom. The SMILES string of the molecule is CCCNC(=O)c1ccccc1N1CCN(CCCN2CC(=O)N3CCCCC3C2=O)CC1.Cl. The zero-order valence-electron chi connectivity index (χ0n) is 20.2. The number of fused-ring (bicyclic) bond motifs is 1. The Morgan fingerprint density at radius 1 is 1.03 bits per heavy atom. The topological polar surface area (TPSA) is 76.2 Å². The van der Waals surface area contributed by atoms with Crippen LogP contribution in [0.25, 0.3) is 0 Å². The number of halogens is 1. The average Bonchev–Trinajstić information content (AvgIpc) is 2.86. The molecule has 1 aromatic carbocycles. The molecule has 0 aliphatic carbocycles. The van der Waals surface area contributed by atoms with Crippen molar-refractivity contribution in [1.29, 1.82) is 0 Å². The van der Waals surface area contributed by atoms with Gasteiger partial charge in [-0.15, -0.1) is 12.4 Å². The van der Waals surface area contributed by atoms with E-state index in [1.807, 2.05) is 24.3 Å². The molecule has 1 unspecified atom stereocenters. The van der Waals surface area contributed by atoms with Crippen molar-refractivity contribution in [2.75, 3.05) is 63.8 Å². The van der Waals surface area contributed by atoms with Crippen molar-refractivity contribution in [3.63, 3.8) is 0 Å². The fourth-order valence-corrected chi connectivity index (χ4v) is 5.19. The fraction of sp³-hybridized carbons (Fsp3) is 0.640. The number of anilines is 1. The summed E-state index contributed by atoms with van der Waals surface area (Å²) >= 11 is 0. The highest BCUT2D eigenvalue weighted by atomic mass is 35.5. The lowest BCUT2D eigenvalue weighted by atomic mass is 9.98. The van der Waals surface area contributed by atoms with Gasteiger partial charge in [0.25, 0.3) is 5.91 Å². The Bertz CT molecular complexity index is 859. The summed E-state index contributed by atoms with van der Waals surface area (Å²) < 4.78 is 0. The van der Waals surface area contributed by atoms with Gasteiger partial charge >= 0.3 is 0 Å². The molecule has 4 rings (SSSR count). The van der Waals surface area contributed by atoms with Gasteiger partial charge in [-0.25, -0.2) is 0 Å². The summed E-state index contributed by atoms with van der Waals surface area (Å²) in [4.78, 5) is 46.1. The second kappa shape index (κ2) is 12.4. The van der Waals surface area contributed by atoms with Crippen LogP contribution in [0.3, 0.4) is 0 Å². The molecule has 8 nitrogen and oxygen atoms in total. The molecule has 3 saturated heterocycles. The minimum Gasteiger partial charge on any atom is -0.368 e. The number of hydrogen-bond acceptors (Lipinski definition) is 5. The first-order valence-corrected chi connectivity index (χ1v) is 12.5.